The Hall–Kier alpha value is -3.08. The predicted octanol–water partition coefficient (Wildman–Crippen LogP) is 6.00. The van der Waals surface area contributed by atoms with Crippen molar-refractivity contribution in [2.24, 2.45) is 5.92 Å². The second kappa shape index (κ2) is 10.7. The average Bonchev–Trinajstić information content (AvgIpc) is 2.78. The average molecular weight is 449 g/mol. The number of carbonyl (C=O) groups is 2. The van der Waals surface area contributed by atoms with Crippen LogP contribution in [-0.2, 0) is 11.2 Å². The third-order valence-electron chi connectivity index (χ3n) is 6.17. The first kappa shape index (κ1) is 24.6. The first-order valence-corrected chi connectivity index (χ1v) is 11.9. The molecule has 5 nitrogen and oxygen atoms in total. The maximum Gasteiger partial charge on any atom is 0.227 e. The summed E-state index contributed by atoms with van der Waals surface area (Å²) >= 11 is 0. The molecule has 33 heavy (non-hydrogen) atoms. The van der Waals surface area contributed by atoms with E-state index in [0.717, 1.165) is 49.1 Å². The molecule has 0 fully saturated rings. The number of fused-ring (bicyclic) bond motifs is 1. The van der Waals surface area contributed by atoms with E-state index in [1.165, 1.54) is 5.56 Å². The normalized spacial score (nSPS) is 16.5. The summed E-state index contributed by atoms with van der Waals surface area (Å²) in [5.41, 5.74) is 3.96. The molecule has 1 aliphatic heterocycles. The minimum absolute atomic E-state index is 0.00780. The number of hydrogen-bond acceptors (Lipinski definition) is 4. The van der Waals surface area contributed by atoms with Crippen LogP contribution in [0.5, 0.6) is 5.75 Å². The third-order valence-corrected chi connectivity index (χ3v) is 6.17. The quantitative estimate of drug-likeness (QED) is 0.365. The summed E-state index contributed by atoms with van der Waals surface area (Å²) in [5.74, 6) is 0.655. The fourth-order valence-electron chi connectivity index (χ4n) is 4.33. The molecule has 2 aromatic carbocycles. The SMILES string of the molecule is CCCCC(CC)C(=O)Nc1cccc(C(=O)/C=C2\NC(C)(C)Cc3ccc(OC)cc32)c1. The number of nitrogens with one attached hydrogen (secondary N) is 2. The minimum atomic E-state index is -0.169. The summed E-state index contributed by atoms with van der Waals surface area (Å²) in [6.07, 6.45) is 6.30. The van der Waals surface area contributed by atoms with E-state index in [1.54, 1.807) is 25.3 Å². The van der Waals surface area contributed by atoms with Crippen molar-refractivity contribution in [3.63, 3.8) is 0 Å². The molecular formula is C28H36N2O3. The van der Waals surface area contributed by atoms with Gasteiger partial charge in [-0.2, -0.15) is 0 Å². The van der Waals surface area contributed by atoms with Gasteiger partial charge in [-0.15, -0.1) is 0 Å². The van der Waals surface area contributed by atoms with Crippen LogP contribution in [0, 0.1) is 5.92 Å². The highest BCUT2D eigenvalue weighted by molar-refractivity contribution is 6.09. The molecule has 3 rings (SSSR count). The second-order valence-corrected chi connectivity index (χ2v) is 9.45. The van der Waals surface area contributed by atoms with Crippen LogP contribution in [0.15, 0.2) is 48.5 Å². The molecule has 0 saturated heterocycles. The van der Waals surface area contributed by atoms with Gasteiger partial charge in [-0.3, -0.25) is 9.59 Å². The molecule has 2 N–H and O–H groups in total. The van der Waals surface area contributed by atoms with Gasteiger partial charge < -0.3 is 15.4 Å². The zero-order chi connectivity index (χ0) is 24.0. The van der Waals surface area contributed by atoms with Crippen LogP contribution in [0.25, 0.3) is 5.70 Å². The van der Waals surface area contributed by atoms with Crippen LogP contribution >= 0.6 is 0 Å². The fraction of sp³-hybridized carbons (Fsp3) is 0.429. The highest BCUT2D eigenvalue weighted by Crippen LogP contribution is 2.32. The molecule has 0 bridgehead atoms. The number of anilines is 1. The van der Waals surface area contributed by atoms with Gasteiger partial charge in [0.2, 0.25) is 5.91 Å². The van der Waals surface area contributed by atoms with E-state index < -0.39 is 0 Å². The Bertz CT molecular complexity index is 1040. The van der Waals surface area contributed by atoms with Crippen molar-refractivity contribution in [1.82, 2.24) is 5.32 Å². The van der Waals surface area contributed by atoms with Crippen molar-refractivity contribution in [3.8, 4) is 5.75 Å². The maximum atomic E-state index is 13.2. The number of unbranched alkanes of at least 4 members (excludes halogenated alkanes) is 1. The summed E-state index contributed by atoms with van der Waals surface area (Å²) in [5, 5.41) is 6.51. The second-order valence-electron chi connectivity index (χ2n) is 9.45. The van der Waals surface area contributed by atoms with Gasteiger partial charge in [0.1, 0.15) is 5.75 Å². The van der Waals surface area contributed by atoms with E-state index in [0.29, 0.717) is 11.3 Å². The summed E-state index contributed by atoms with van der Waals surface area (Å²) in [6.45, 7) is 8.41. The number of benzene rings is 2. The van der Waals surface area contributed by atoms with Crippen LogP contribution in [0.4, 0.5) is 5.69 Å². The topological polar surface area (TPSA) is 67.4 Å². The van der Waals surface area contributed by atoms with Crippen LogP contribution < -0.4 is 15.4 Å². The largest absolute Gasteiger partial charge is 0.497 e. The highest BCUT2D eigenvalue weighted by Gasteiger charge is 2.28. The monoisotopic (exact) mass is 448 g/mol. The molecule has 176 valence electrons. The van der Waals surface area contributed by atoms with Gasteiger partial charge in [-0.25, -0.2) is 0 Å². The summed E-state index contributed by atoms with van der Waals surface area (Å²) in [7, 11) is 1.64. The Morgan fingerprint density at radius 2 is 1.97 bits per heavy atom. The molecule has 1 unspecified atom stereocenters. The number of amides is 1. The van der Waals surface area contributed by atoms with Crippen LogP contribution in [0.3, 0.4) is 0 Å². The van der Waals surface area contributed by atoms with E-state index in [9.17, 15) is 9.59 Å². The molecule has 1 atom stereocenters. The summed E-state index contributed by atoms with van der Waals surface area (Å²) in [6, 6.07) is 13.2. The van der Waals surface area contributed by atoms with Gasteiger partial charge in [0.15, 0.2) is 5.78 Å². The molecule has 1 heterocycles. The van der Waals surface area contributed by atoms with E-state index in [4.69, 9.17) is 4.74 Å². The van der Waals surface area contributed by atoms with Crippen molar-refractivity contribution < 1.29 is 14.3 Å². The minimum Gasteiger partial charge on any atom is -0.497 e. The molecular weight excluding hydrogens is 412 g/mol. The van der Waals surface area contributed by atoms with Crippen LogP contribution in [0.2, 0.25) is 0 Å². The lowest BCUT2D eigenvalue weighted by atomic mass is 9.85. The number of methoxy groups -OCH3 is 1. The summed E-state index contributed by atoms with van der Waals surface area (Å²) in [4.78, 5) is 25.9. The van der Waals surface area contributed by atoms with E-state index >= 15 is 0 Å². The molecule has 0 spiro atoms. The van der Waals surface area contributed by atoms with Crippen molar-refractivity contribution in [3.05, 3.63) is 65.2 Å². The number of hydrogen-bond donors (Lipinski definition) is 2. The van der Waals surface area contributed by atoms with Gasteiger partial charge in [0.25, 0.3) is 0 Å². The smallest absolute Gasteiger partial charge is 0.227 e. The molecule has 0 aliphatic carbocycles. The van der Waals surface area contributed by atoms with Gasteiger partial charge in [0, 0.05) is 40.0 Å². The number of carbonyl (C=O) groups excluding carboxylic acids is 2. The standard InChI is InChI=1S/C28H36N2O3/c1-6-8-10-19(7-2)27(32)29-22-12-9-11-20(15-22)26(31)17-25-24-16-23(33-5)14-13-21(24)18-28(3,4)30-25/h9,11-17,19,30H,6-8,10,18H2,1-5H3,(H,29,32)/b25-17-. The van der Waals surface area contributed by atoms with Crippen molar-refractivity contribution >= 4 is 23.1 Å². The zero-order valence-corrected chi connectivity index (χ0v) is 20.5. The number of ether oxygens (including phenoxy) is 1. The van der Waals surface area contributed by atoms with Gasteiger partial charge >= 0.3 is 0 Å². The van der Waals surface area contributed by atoms with Crippen molar-refractivity contribution in [2.45, 2.75) is 65.3 Å². The number of ketones is 1. The van der Waals surface area contributed by atoms with Gasteiger partial charge in [0.05, 0.1) is 7.11 Å². The van der Waals surface area contributed by atoms with E-state index in [-0.39, 0.29) is 23.1 Å². The molecule has 0 radical (unpaired) electrons. The van der Waals surface area contributed by atoms with Crippen molar-refractivity contribution in [2.75, 3.05) is 12.4 Å². The van der Waals surface area contributed by atoms with Crippen LogP contribution in [0.1, 0.15) is 74.9 Å². The highest BCUT2D eigenvalue weighted by atomic mass is 16.5. The molecule has 0 aromatic heterocycles. The summed E-state index contributed by atoms with van der Waals surface area (Å²) < 4.78 is 5.40. The fourth-order valence-corrected chi connectivity index (χ4v) is 4.33. The molecule has 1 aliphatic rings. The predicted molar refractivity (Wildman–Crippen MR) is 135 cm³/mol. The number of rotatable bonds is 9. The lowest BCUT2D eigenvalue weighted by Crippen LogP contribution is -2.43. The third kappa shape index (κ3) is 6.25. The van der Waals surface area contributed by atoms with Gasteiger partial charge in [-0.05, 0) is 62.9 Å². The Morgan fingerprint density at radius 1 is 1.18 bits per heavy atom. The first-order chi connectivity index (χ1) is 15.8. The van der Waals surface area contributed by atoms with Crippen LogP contribution in [-0.4, -0.2) is 24.3 Å². The lowest BCUT2D eigenvalue weighted by Gasteiger charge is -2.35. The maximum absolute atomic E-state index is 13.2. The Labute approximate surface area is 197 Å². The Kier molecular flexibility index (Phi) is 7.96. The van der Waals surface area contributed by atoms with Crippen molar-refractivity contribution in [1.29, 1.82) is 0 Å². The van der Waals surface area contributed by atoms with E-state index in [1.807, 2.05) is 31.2 Å². The lowest BCUT2D eigenvalue weighted by molar-refractivity contribution is -0.120. The van der Waals surface area contributed by atoms with E-state index in [2.05, 4.69) is 37.5 Å². The zero-order valence-electron chi connectivity index (χ0n) is 20.5. The molecule has 5 heteroatoms. The first-order valence-electron chi connectivity index (χ1n) is 11.9. The molecule has 0 saturated carbocycles. The molecule has 1 amide bonds. The van der Waals surface area contributed by atoms with Gasteiger partial charge in [-0.1, -0.05) is 44.9 Å². The number of allylic oxidation sites excluding steroid dienone is 1. The Morgan fingerprint density at radius 3 is 2.67 bits per heavy atom. The molecule has 2 aromatic rings. The Balaban J connectivity index is 1.84.